The predicted molar refractivity (Wildman–Crippen MR) is 119 cm³/mol. The zero-order valence-corrected chi connectivity index (χ0v) is 18.2. The highest BCUT2D eigenvalue weighted by Gasteiger charge is 2.29. The van der Waals surface area contributed by atoms with Crippen LogP contribution in [0.4, 0.5) is 5.69 Å². The topological polar surface area (TPSA) is 87.3 Å². The van der Waals surface area contributed by atoms with Gasteiger partial charge in [-0.05, 0) is 38.1 Å². The van der Waals surface area contributed by atoms with Crippen molar-refractivity contribution in [2.24, 2.45) is 7.05 Å². The molecular formula is C23H26N6O2. The van der Waals surface area contributed by atoms with Crippen LogP contribution in [0.3, 0.4) is 0 Å². The third kappa shape index (κ3) is 3.84. The summed E-state index contributed by atoms with van der Waals surface area (Å²) < 4.78 is 6.78. The Morgan fingerprint density at radius 3 is 2.71 bits per heavy atom. The zero-order chi connectivity index (χ0) is 22.1. The lowest BCUT2D eigenvalue weighted by atomic mass is 10.1. The molecule has 0 aromatic carbocycles. The average Bonchev–Trinajstić information content (AvgIpc) is 2.80. The Hall–Kier alpha value is -3.44. The molecule has 4 heterocycles. The minimum atomic E-state index is -0.0839. The highest BCUT2D eigenvalue weighted by atomic mass is 16.5. The Morgan fingerprint density at radius 1 is 1.26 bits per heavy atom. The predicted octanol–water partition coefficient (Wildman–Crippen LogP) is 2.48. The molecule has 0 saturated carbocycles. The van der Waals surface area contributed by atoms with Crippen molar-refractivity contribution in [2.45, 2.75) is 25.9 Å². The summed E-state index contributed by atoms with van der Waals surface area (Å²) in [6, 6.07) is 11.4. The van der Waals surface area contributed by atoms with Gasteiger partial charge in [0.15, 0.2) is 0 Å². The van der Waals surface area contributed by atoms with Gasteiger partial charge in [-0.1, -0.05) is 0 Å². The highest BCUT2D eigenvalue weighted by molar-refractivity contribution is 5.88. The molecule has 0 N–H and O–H groups in total. The first-order chi connectivity index (χ1) is 14.9. The summed E-state index contributed by atoms with van der Waals surface area (Å²) in [6.07, 6.45) is 1.75. The molecule has 8 nitrogen and oxygen atoms in total. The van der Waals surface area contributed by atoms with Gasteiger partial charge in [-0.3, -0.25) is 14.7 Å². The monoisotopic (exact) mass is 418 g/mol. The standard InChI is InChI=1S/C23H26N6O2/c1-15-14-28(16(2)19-7-6-18(31-4)13-25-19)9-10-29(15)21-11-22(30)27(3)20-8-5-17(12-24)26-23(20)21/h5-8,11,13,15-16H,9-10,14H2,1-4H3/t15-,16?/m0/s1. The van der Waals surface area contributed by atoms with Gasteiger partial charge in [0.05, 0.1) is 30.2 Å². The molecule has 0 bridgehead atoms. The van der Waals surface area contributed by atoms with Gasteiger partial charge in [0.2, 0.25) is 0 Å². The zero-order valence-electron chi connectivity index (χ0n) is 18.2. The lowest BCUT2D eigenvalue weighted by Gasteiger charge is -2.43. The van der Waals surface area contributed by atoms with Gasteiger partial charge in [-0.25, -0.2) is 4.98 Å². The minimum absolute atomic E-state index is 0.0839. The molecule has 0 amide bonds. The highest BCUT2D eigenvalue weighted by Crippen LogP contribution is 2.29. The quantitative estimate of drug-likeness (QED) is 0.643. The molecule has 0 radical (unpaired) electrons. The Kier molecular flexibility index (Phi) is 5.61. The Bertz CT molecular complexity index is 1200. The molecular weight excluding hydrogens is 392 g/mol. The van der Waals surface area contributed by atoms with E-state index in [0.717, 1.165) is 42.3 Å². The van der Waals surface area contributed by atoms with Crippen LogP contribution in [-0.4, -0.2) is 52.2 Å². The van der Waals surface area contributed by atoms with Crippen LogP contribution in [0, 0.1) is 11.3 Å². The van der Waals surface area contributed by atoms with Gasteiger partial charge >= 0.3 is 0 Å². The molecule has 0 spiro atoms. The molecule has 160 valence electrons. The van der Waals surface area contributed by atoms with Crippen LogP contribution in [0.1, 0.15) is 31.3 Å². The number of pyridine rings is 3. The number of piperazine rings is 1. The third-order valence-electron chi connectivity index (χ3n) is 6.12. The minimum Gasteiger partial charge on any atom is -0.495 e. The number of aromatic nitrogens is 3. The number of ether oxygens (including phenoxy) is 1. The van der Waals surface area contributed by atoms with Crippen molar-refractivity contribution < 1.29 is 4.74 Å². The molecule has 1 fully saturated rings. The van der Waals surface area contributed by atoms with E-state index in [1.807, 2.05) is 12.1 Å². The molecule has 1 aliphatic heterocycles. The van der Waals surface area contributed by atoms with Crippen molar-refractivity contribution in [3.05, 3.63) is 58.3 Å². The second-order valence-electron chi connectivity index (χ2n) is 7.94. The maximum atomic E-state index is 12.6. The normalized spacial score (nSPS) is 18.0. The number of hydrogen-bond acceptors (Lipinski definition) is 7. The lowest BCUT2D eigenvalue weighted by Crippen LogP contribution is -2.53. The molecule has 3 aromatic heterocycles. The molecule has 4 rings (SSSR count). The van der Waals surface area contributed by atoms with E-state index in [-0.39, 0.29) is 17.6 Å². The van der Waals surface area contributed by atoms with Crippen LogP contribution < -0.4 is 15.2 Å². The number of nitriles is 1. The average molecular weight is 419 g/mol. The van der Waals surface area contributed by atoms with Crippen LogP contribution in [0.25, 0.3) is 11.0 Å². The summed E-state index contributed by atoms with van der Waals surface area (Å²) in [6.45, 7) is 6.71. The molecule has 1 saturated heterocycles. The van der Waals surface area contributed by atoms with Crippen LogP contribution in [0.15, 0.2) is 41.3 Å². The van der Waals surface area contributed by atoms with Gasteiger partial charge in [0.25, 0.3) is 5.56 Å². The van der Waals surface area contributed by atoms with E-state index in [4.69, 9.17) is 4.74 Å². The second-order valence-corrected chi connectivity index (χ2v) is 7.94. The van der Waals surface area contributed by atoms with Gasteiger partial charge in [-0.15, -0.1) is 0 Å². The van der Waals surface area contributed by atoms with E-state index in [1.165, 1.54) is 0 Å². The van der Waals surface area contributed by atoms with Crippen molar-refractivity contribution in [3.63, 3.8) is 0 Å². The lowest BCUT2D eigenvalue weighted by molar-refractivity contribution is 0.173. The van der Waals surface area contributed by atoms with Crippen LogP contribution in [0.2, 0.25) is 0 Å². The Balaban J connectivity index is 1.62. The van der Waals surface area contributed by atoms with Gasteiger partial charge in [0, 0.05) is 44.8 Å². The van der Waals surface area contributed by atoms with E-state index in [9.17, 15) is 10.1 Å². The number of anilines is 1. The van der Waals surface area contributed by atoms with Gasteiger partial charge < -0.3 is 14.2 Å². The van der Waals surface area contributed by atoms with E-state index >= 15 is 0 Å². The fourth-order valence-electron chi connectivity index (χ4n) is 4.24. The van der Waals surface area contributed by atoms with Crippen molar-refractivity contribution >= 4 is 16.7 Å². The fraction of sp³-hybridized carbons (Fsp3) is 0.391. The van der Waals surface area contributed by atoms with E-state index in [1.54, 1.807) is 43.1 Å². The summed E-state index contributed by atoms with van der Waals surface area (Å²) >= 11 is 0. The first-order valence-electron chi connectivity index (χ1n) is 10.3. The van der Waals surface area contributed by atoms with Crippen LogP contribution in [0.5, 0.6) is 5.75 Å². The summed E-state index contributed by atoms with van der Waals surface area (Å²) in [5, 5.41) is 9.30. The molecule has 1 aliphatic rings. The largest absolute Gasteiger partial charge is 0.495 e. The summed E-state index contributed by atoms with van der Waals surface area (Å²) in [5.74, 6) is 0.746. The fourth-order valence-corrected chi connectivity index (χ4v) is 4.24. The number of rotatable bonds is 4. The van der Waals surface area contributed by atoms with Crippen LogP contribution >= 0.6 is 0 Å². The summed E-state index contributed by atoms with van der Waals surface area (Å²) in [5.41, 5.74) is 3.47. The van der Waals surface area contributed by atoms with Crippen LogP contribution in [-0.2, 0) is 7.05 Å². The maximum absolute atomic E-state index is 12.6. The smallest absolute Gasteiger partial charge is 0.252 e. The van der Waals surface area contributed by atoms with Crippen molar-refractivity contribution in [2.75, 3.05) is 31.6 Å². The Morgan fingerprint density at radius 2 is 2.06 bits per heavy atom. The second kappa shape index (κ2) is 8.36. The summed E-state index contributed by atoms with van der Waals surface area (Å²) in [7, 11) is 3.36. The number of methoxy groups -OCH3 is 1. The van der Waals surface area contributed by atoms with Gasteiger partial charge in [-0.2, -0.15) is 5.26 Å². The number of hydrogen-bond donors (Lipinski definition) is 0. The van der Waals surface area contributed by atoms with E-state index in [0.29, 0.717) is 11.2 Å². The molecule has 8 heteroatoms. The maximum Gasteiger partial charge on any atom is 0.252 e. The number of fused-ring (bicyclic) bond motifs is 1. The first-order valence-corrected chi connectivity index (χ1v) is 10.3. The molecule has 31 heavy (non-hydrogen) atoms. The van der Waals surface area contributed by atoms with Crippen molar-refractivity contribution in [3.8, 4) is 11.8 Å². The Labute approximate surface area is 181 Å². The van der Waals surface area contributed by atoms with Crippen molar-refractivity contribution in [1.29, 1.82) is 5.26 Å². The molecule has 0 aliphatic carbocycles. The number of nitrogens with zero attached hydrogens (tertiary/aromatic N) is 6. The van der Waals surface area contributed by atoms with Gasteiger partial charge in [0.1, 0.15) is 23.0 Å². The molecule has 1 unspecified atom stereocenters. The summed E-state index contributed by atoms with van der Waals surface area (Å²) in [4.78, 5) is 26.3. The SMILES string of the molecule is COc1ccc(C(C)N2CCN(c3cc(=O)n(C)c4ccc(C#N)nc34)[C@@H](C)C2)nc1. The third-order valence-corrected chi connectivity index (χ3v) is 6.12. The molecule has 3 aromatic rings. The first kappa shape index (κ1) is 20.8. The van der Waals surface area contributed by atoms with E-state index in [2.05, 4.69) is 39.7 Å². The molecule has 2 atom stereocenters. The van der Waals surface area contributed by atoms with Crippen molar-refractivity contribution in [1.82, 2.24) is 19.4 Å². The number of aryl methyl sites for hydroxylation is 1. The van der Waals surface area contributed by atoms with E-state index < -0.39 is 0 Å².